The SMILES string of the molecule is OCCN(Cc1ccc(OC(F)(F)F)cc1)Cc1cccnc1. The fourth-order valence-corrected chi connectivity index (χ4v) is 2.16. The lowest BCUT2D eigenvalue weighted by Gasteiger charge is -2.21. The molecule has 0 aliphatic heterocycles. The highest BCUT2D eigenvalue weighted by molar-refractivity contribution is 5.27. The standard InChI is InChI=1S/C16H17F3N2O2/c17-16(18,19)23-15-5-3-13(4-6-15)11-21(8-9-22)12-14-2-1-7-20-10-14/h1-7,10,22H,8-9,11-12H2. The zero-order valence-corrected chi connectivity index (χ0v) is 12.3. The van der Waals surface area contributed by atoms with Crippen molar-refractivity contribution in [1.82, 2.24) is 9.88 Å². The Kier molecular flexibility index (Phi) is 5.95. The maximum atomic E-state index is 12.1. The van der Waals surface area contributed by atoms with Crippen molar-refractivity contribution in [1.29, 1.82) is 0 Å². The topological polar surface area (TPSA) is 45.6 Å². The number of ether oxygens (including phenoxy) is 1. The fraction of sp³-hybridized carbons (Fsp3) is 0.312. The van der Waals surface area contributed by atoms with Crippen LogP contribution < -0.4 is 4.74 Å². The van der Waals surface area contributed by atoms with Crippen LogP contribution in [0.4, 0.5) is 13.2 Å². The third-order valence-corrected chi connectivity index (χ3v) is 3.11. The minimum atomic E-state index is -4.69. The summed E-state index contributed by atoms with van der Waals surface area (Å²) in [6.07, 6.45) is -1.27. The smallest absolute Gasteiger partial charge is 0.406 e. The van der Waals surface area contributed by atoms with Gasteiger partial charge in [-0.1, -0.05) is 18.2 Å². The van der Waals surface area contributed by atoms with Gasteiger partial charge in [-0.3, -0.25) is 9.88 Å². The molecule has 0 amide bonds. The van der Waals surface area contributed by atoms with Crippen LogP contribution in [0.15, 0.2) is 48.8 Å². The number of aromatic nitrogens is 1. The van der Waals surface area contributed by atoms with E-state index in [2.05, 4.69) is 9.72 Å². The van der Waals surface area contributed by atoms with Crippen LogP contribution >= 0.6 is 0 Å². The molecule has 1 aromatic carbocycles. The molecular formula is C16H17F3N2O2. The summed E-state index contributed by atoms with van der Waals surface area (Å²) >= 11 is 0. The molecule has 1 N–H and O–H groups in total. The third-order valence-electron chi connectivity index (χ3n) is 3.11. The van der Waals surface area contributed by atoms with Crippen LogP contribution in [-0.2, 0) is 13.1 Å². The molecule has 0 saturated heterocycles. The molecule has 0 aliphatic rings. The lowest BCUT2D eigenvalue weighted by atomic mass is 10.2. The third kappa shape index (κ3) is 6.25. The molecule has 124 valence electrons. The van der Waals surface area contributed by atoms with Crippen LogP contribution in [0, 0.1) is 0 Å². The Morgan fingerprint density at radius 3 is 2.30 bits per heavy atom. The summed E-state index contributed by atoms with van der Waals surface area (Å²) in [4.78, 5) is 6.02. The van der Waals surface area contributed by atoms with Gasteiger partial charge in [-0.15, -0.1) is 13.2 Å². The van der Waals surface area contributed by atoms with Crippen LogP contribution in [0.25, 0.3) is 0 Å². The summed E-state index contributed by atoms with van der Waals surface area (Å²) in [7, 11) is 0. The molecule has 0 saturated carbocycles. The van der Waals surface area contributed by atoms with Crippen molar-refractivity contribution in [2.45, 2.75) is 19.5 Å². The zero-order chi connectivity index (χ0) is 16.7. The van der Waals surface area contributed by atoms with E-state index in [1.54, 1.807) is 24.5 Å². The average Bonchev–Trinajstić information content (AvgIpc) is 2.49. The lowest BCUT2D eigenvalue weighted by molar-refractivity contribution is -0.274. The highest BCUT2D eigenvalue weighted by Gasteiger charge is 2.30. The van der Waals surface area contributed by atoms with Crippen LogP contribution in [0.5, 0.6) is 5.75 Å². The molecule has 4 nitrogen and oxygen atoms in total. The molecular weight excluding hydrogens is 309 g/mol. The van der Waals surface area contributed by atoms with E-state index in [0.717, 1.165) is 11.1 Å². The van der Waals surface area contributed by atoms with E-state index in [4.69, 9.17) is 5.11 Å². The summed E-state index contributed by atoms with van der Waals surface area (Å²) in [6, 6.07) is 9.48. The van der Waals surface area contributed by atoms with E-state index >= 15 is 0 Å². The quantitative estimate of drug-likeness (QED) is 0.850. The molecule has 0 atom stereocenters. The average molecular weight is 326 g/mol. The second-order valence-electron chi connectivity index (χ2n) is 4.99. The van der Waals surface area contributed by atoms with E-state index in [1.807, 2.05) is 17.0 Å². The van der Waals surface area contributed by atoms with Gasteiger partial charge in [0.15, 0.2) is 0 Å². The molecule has 7 heteroatoms. The number of benzene rings is 1. The first kappa shape index (κ1) is 17.2. The van der Waals surface area contributed by atoms with Gasteiger partial charge < -0.3 is 9.84 Å². The second-order valence-corrected chi connectivity index (χ2v) is 4.99. The van der Waals surface area contributed by atoms with Crippen LogP contribution in [-0.4, -0.2) is 34.5 Å². The van der Waals surface area contributed by atoms with Crippen molar-refractivity contribution in [3.63, 3.8) is 0 Å². The van der Waals surface area contributed by atoms with Crippen molar-refractivity contribution in [2.24, 2.45) is 0 Å². The molecule has 2 rings (SSSR count). The largest absolute Gasteiger partial charge is 0.573 e. The predicted octanol–water partition coefficient (Wildman–Crippen LogP) is 2.97. The van der Waals surface area contributed by atoms with Crippen LogP contribution in [0.1, 0.15) is 11.1 Å². The van der Waals surface area contributed by atoms with E-state index < -0.39 is 6.36 Å². The van der Waals surface area contributed by atoms with Gasteiger partial charge in [0.2, 0.25) is 0 Å². The number of halogens is 3. The molecule has 0 fully saturated rings. The molecule has 0 spiro atoms. The maximum Gasteiger partial charge on any atom is 0.573 e. The van der Waals surface area contributed by atoms with Crippen LogP contribution in [0.3, 0.4) is 0 Å². The molecule has 0 radical (unpaired) electrons. The first-order valence-electron chi connectivity index (χ1n) is 7.03. The Balaban J connectivity index is 1.99. The number of hydrogen-bond donors (Lipinski definition) is 1. The first-order valence-corrected chi connectivity index (χ1v) is 7.03. The van der Waals surface area contributed by atoms with Gasteiger partial charge in [-0.25, -0.2) is 0 Å². The number of aliphatic hydroxyl groups excluding tert-OH is 1. The zero-order valence-electron chi connectivity index (χ0n) is 12.3. The molecule has 0 bridgehead atoms. The van der Waals surface area contributed by atoms with Gasteiger partial charge in [0.05, 0.1) is 6.61 Å². The number of alkyl halides is 3. The molecule has 0 aliphatic carbocycles. The summed E-state index contributed by atoms with van der Waals surface area (Å²) in [6.45, 7) is 1.54. The number of nitrogens with zero attached hydrogens (tertiary/aromatic N) is 2. The Labute approximate surface area is 132 Å². The van der Waals surface area contributed by atoms with Crippen molar-refractivity contribution in [2.75, 3.05) is 13.2 Å². The van der Waals surface area contributed by atoms with Gasteiger partial charge in [-0.2, -0.15) is 0 Å². The number of aliphatic hydroxyl groups is 1. The van der Waals surface area contributed by atoms with Crippen LogP contribution in [0.2, 0.25) is 0 Å². The molecule has 1 aromatic heterocycles. The highest BCUT2D eigenvalue weighted by Crippen LogP contribution is 2.23. The van der Waals surface area contributed by atoms with E-state index in [1.165, 1.54) is 12.1 Å². The highest BCUT2D eigenvalue weighted by atomic mass is 19.4. The van der Waals surface area contributed by atoms with Crippen molar-refractivity contribution < 1.29 is 23.0 Å². The number of rotatable bonds is 7. The maximum absolute atomic E-state index is 12.1. The van der Waals surface area contributed by atoms with Gasteiger partial charge in [-0.05, 0) is 29.3 Å². The first-order chi connectivity index (χ1) is 11.0. The Bertz CT molecular complexity index is 589. The van der Waals surface area contributed by atoms with Gasteiger partial charge in [0.25, 0.3) is 0 Å². The van der Waals surface area contributed by atoms with E-state index in [0.29, 0.717) is 19.6 Å². The van der Waals surface area contributed by atoms with Gasteiger partial charge >= 0.3 is 6.36 Å². The minimum absolute atomic E-state index is 0.00443. The fourth-order valence-electron chi connectivity index (χ4n) is 2.16. The minimum Gasteiger partial charge on any atom is -0.406 e. The van der Waals surface area contributed by atoms with Crippen molar-refractivity contribution in [3.8, 4) is 5.75 Å². The summed E-state index contributed by atoms with van der Waals surface area (Å²) in [5, 5.41) is 9.16. The molecule has 1 heterocycles. The number of hydrogen-bond acceptors (Lipinski definition) is 4. The van der Waals surface area contributed by atoms with Gasteiger partial charge in [0, 0.05) is 32.0 Å². The van der Waals surface area contributed by atoms with E-state index in [-0.39, 0.29) is 12.4 Å². The van der Waals surface area contributed by atoms with Crippen molar-refractivity contribution in [3.05, 3.63) is 59.9 Å². The Morgan fingerprint density at radius 2 is 1.74 bits per heavy atom. The monoisotopic (exact) mass is 326 g/mol. The molecule has 23 heavy (non-hydrogen) atoms. The van der Waals surface area contributed by atoms with Crippen molar-refractivity contribution >= 4 is 0 Å². The second kappa shape index (κ2) is 7.94. The lowest BCUT2D eigenvalue weighted by Crippen LogP contribution is -2.26. The van der Waals surface area contributed by atoms with E-state index in [9.17, 15) is 13.2 Å². The summed E-state index contributed by atoms with van der Waals surface area (Å²) in [5.74, 6) is -0.248. The molecule has 2 aromatic rings. The summed E-state index contributed by atoms with van der Waals surface area (Å²) in [5.41, 5.74) is 1.83. The Hall–Kier alpha value is -2.12. The summed E-state index contributed by atoms with van der Waals surface area (Å²) < 4.78 is 40.2. The number of pyridine rings is 1. The molecule has 0 unspecified atom stereocenters. The predicted molar refractivity (Wildman–Crippen MR) is 78.6 cm³/mol. The Morgan fingerprint density at radius 1 is 1.04 bits per heavy atom. The normalized spacial score (nSPS) is 11.7. The van der Waals surface area contributed by atoms with Gasteiger partial charge in [0.1, 0.15) is 5.75 Å².